The van der Waals surface area contributed by atoms with Gasteiger partial charge >= 0.3 is 5.97 Å². The van der Waals surface area contributed by atoms with Crippen molar-refractivity contribution in [3.05, 3.63) is 48.2 Å². The van der Waals surface area contributed by atoms with Gasteiger partial charge < -0.3 is 15.4 Å². The van der Waals surface area contributed by atoms with Crippen LogP contribution in [-0.2, 0) is 0 Å². The average Bonchev–Trinajstić information content (AvgIpc) is 3.13. The topological polar surface area (TPSA) is 90.9 Å². The van der Waals surface area contributed by atoms with Crippen molar-refractivity contribution in [2.75, 3.05) is 5.32 Å². The molecule has 7 heteroatoms. The number of hydrogen-bond donors (Lipinski definition) is 3. The lowest BCUT2D eigenvalue weighted by Gasteiger charge is -2.07. The summed E-state index contributed by atoms with van der Waals surface area (Å²) in [4.78, 5) is 14.4. The lowest BCUT2D eigenvalue weighted by atomic mass is 10.2. The molecule has 108 valence electrons. The van der Waals surface area contributed by atoms with E-state index in [0.29, 0.717) is 5.69 Å². The molecule has 0 saturated heterocycles. The number of aromatic amines is 1. The van der Waals surface area contributed by atoms with Gasteiger partial charge in [0.2, 0.25) is 0 Å². The third-order valence-corrected chi connectivity index (χ3v) is 4.01. The van der Waals surface area contributed by atoms with Crippen LogP contribution in [0.15, 0.2) is 42.5 Å². The molecule has 2 aromatic carbocycles. The highest BCUT2D eigenvalue weighted by molar-refractivity contribution is 7.00. The van der Waals surface area contributed by atoms with E-state index in [1.165, 1.54) is 0 Å². The Hall–Kier alpha value is -2.93. The molecule has 0 amide bonds. The molecule has 4 rings (SSSR count). The second kappa shape index (κ2) is 4.81. The number of fused-ring (bicyclic) bond motifs is 2. The maximum absolute atomic E-state index is 11.5. The number of rotatable bonds is 3. The third-order valence-electron chi connectivity index (χ3n) is 3.47. The lowest BCUT2D eigenvalue weighted by Crippen LogP contribution is -2.02. The number of H-pyrrole nitrogens is 1. The standard InChI is InChI=1S/C15H10N4O2S/c20-15(21)14-12(8-4-1-2-5-9(8)16-14)17-10-6-3-7-11-13(10)19-22-18-11/h1-7,16-17H,(H,20,21). The largest absolute Gasteiger partial charge is 0.477 e. The summed E-state index contributed by atoms with van der Waals surface area (Å²) >= 11 is 1.13. The number of nitrogens with zero attached hydrogens (tertiary/aromatic N) is 2. The summed E-state index contributed by atoms with van der Waals surface area (Å²) < 4.78 is 8.46. The van der Waals surface area contributed by atoms with Crippen molar-refractivity contribution >= 4 is 51.0 Å². The minimum atomic E-state index is -1.01. The van der Waals surface area contributed by atoms with E-state index in [0.717, 1.165) is 39.4 Å². The van der Waals surface area contributed by atoms with Crippen LogP contribution in [0.5, 0.6) is 0 Å². The molecule has 3 N–H and O–H groups in total. The Morgan fingerprint density at radius 3 is 2.86 bits per heavy atom. The van der Waals surface area contributed by atoms with Crippen molar-refractivity contribution in [2.24, 2.45) is 0 Å². The monoisotopic (exact) mass is 310 g/mol. The zero-order valence-corrected chi connectivity index (χ0v) is 12.0. The summed E-state index contributed by atoms with van der Waals surface area (Å²) in [6.07, 6.45) is 0. The van der Waals surface area contributed by atoms with Crippen molar-refractivity contribution in [1.29, 1.82) is 0 Å². The van der Waals surface area contributed by atoms with Gasteiger partial charge in [0.15, 0.2) is 0 Å². The van der Waals surface area contributed by atoms with Gasteiger partial charge in [-0.1, -0.05) is 24.3 Å². The zero-order chi connectivity index (χ0) is 15.1. The molecule has 2 heterocycles. The van der Waals surface area contributed by atoms with Crippen molar-refractivity contribution in [3.63, 3.8) is 0 Å². The van der Waals surface area contributed by atoms with Crippen LogP contribution in [0.1, 0.15) is 10.5 Å². The molecule has 0 aliphatic carbocycles. The minimum Gasteiger partial charge on any atom is -0.477 e. The second-order valence-electron chi connectivity index (χ2n) is 4.79. The van der Waals surface area contributed by atoms with Crippen molar-refractivity contribution in [3.8, 4) is 0 Å². The fourth-order valence-corrected chi connectivity index (χ4v) is 3.02. The fourth-order valence-electron chi connectivity index (χ4n) is 2.47. The van der Waals surface area contributed by atoms with Gasteiger partial charge in [0.05, 0.1) is 23.1 Å². The van der Waals surface area contributed by atoms with Gasteiger partial charge in [0, 0.05) is 10.9 Å². The number of carboxylic acid groups (broad SMARTS) is 1. The smallest absolute Gasteiger partial charge is 0.354 e. The number of benzene rings is 2. The summed E-state index contributed by atoms with van der Waals surface area (Å²) in [7, 11) is 0. The Balaban J connectivity index is 1.92. The van der Waals surface area contributed by atoms with Gasteiger partial charge in [-0.2, -0.15) is 8.75 Å². The van der Waals surface area contributed by atoms with Gasteiger partial charge in [-0.3, -0.25) is 0 Å². The van der Waals surface area contributed by atoms with Crippen LogP contribution in [-0.4, -0.2) is 24.8 Å². The van der Waals surface area contributed by atoms with Gasteiger partial charge in [-0.15, -0.1) is 0 Å². The molecule has 0 spiro atoms. The molecule has 0 bridgehead atoms. The molecule has 0 fully saturated rings. The normalized spacial score (nSPS) is 11.1. The van der Waals surface area contributed by atoms with Crippen LogP contribution in [0.2, 0.25) is 0 Å². The molecule has 0 aliphatic heterocycles. The van der Waals surface area contributed by atoms with E-state index >= 15 is 0 Å². The summed E-state index contributed by atoms with van der Waals surface area (Å²) in [6.45, 7) is 0. The Kier molecular flexibility index (Phi) is 2.80. The summed E-state index contributed by atoms with van der Waals surface area (Å²) in [5, 5.41) is 13.4. The SMILES string of the molecule is O=C(O)c1[nH]c2ccccc2c1Nc1cccc2nsnc12. The van der Waals surface area contributed by atoms with E-state index in [2.05, 4.69) is 19.0 Å². The van der Waals surface area contributed by atoms with Crippen LogP contribution in [0.3, 0.4) is 0 Å². The molecule has 0 radical (unpaired) electrons. The van der Waals surface area contributed by atoms with Gasteiger partial charge in [0.25, 0.3) is 0 Å². The maximum Gasteiger partial charge on any atom is 0.354 e. The Morgan fingerprint density at radius 2 is 2.00 bits per heavy atom. The van der Waals surface area contributed by atoms with E-state index in [9.17, 15) is 9.90 Å². The minimum absolute atomic E-state index is 0.126. The first-order chi connectivity index (χ1) is 10.7. The van der Waals surface area contributed by atoms with Crippen LogP contribution < -0.4 is 5.32 Å². The molecule has 0 saturated carbocycles. The van der Waals surface area contributed by atoms with E-state index in [-0.39, 0.29) is 5.69 Å². The van der Waals surface area contributed by atoms with Crippen LogP contribution in [0.4, 0.5) is 11.4 Å². The number of nitrogens with one attached hydrogen (secondary N) is 2. The molecule has 2 aromatic heterocycles. The molecule has 6 nitrogen and oxygen atoms in total. The predicted molar refractivity (Wildman–Crippen MR) is 86.0 cm³/mol. The highest BCUT2D eigenvalue weighted by atomic mass is 32.1. The van der Waals surface area contributed by atoms with Crippen molar-refractivity contribution in [2.45, 2.75) is 0 Å². The molecule has 0 aliphatic rings. The molecular formula is C15H10N4O2S. The summed E-state index contributed by atoms with van der Waals surface area (Å²) in [5.74, 6) is -1.01. The first kappa shape index (κ1) is 12.8. The number of para-hydroxylation sites is 1. The van der Waals surface area contributed by atoms with Gasteiger partial charge in [0.1, 0.15) is 16.7 Å². The number of aromatic carboxylic acids is 1. The number of carbonyl (C=O) groups is 1. The molecule has 0 atom stereocenters. The van der Waals surface area contributed by atoms with E-state index in [1.807, 2.05) is 42.5 Å². The maximum atomic E-state index is 11.5. The van der Waals surface area contributed by atoms with Crippen LogP contribution >= 0.6 is 11.7 Å². The zero-order valence-electron chi connectivity index (χ0n) is 11.2. The van der Waals surface area contributed by atoms with Crippen LogP contribution in [0.25, 0.3) is 21.9 Å². The number of carboxylic acids is 1. The third kappa shape index (κ3) is 1.91. The Bertz CT molecular complexity index is 1010. The highest BCUT2D eigenvalue weighted by Crippen LogP contribution is 2.32. The van der Waals surface area contributed by atoms with E-state index in [4.69, 9.17) is 0 Å². The van der Waals surface area contributed by atoms with Gasteiger partial charge in [-0.05, 0) is 18.2 Å². The number of hydrogen-bond acceptors (Lipinski definition) is 5. The second-order valence-corrected chi connectivity index (χ2v) is 5.32. The van der Waals surface area contributed by atoms with Crippen molar-refractivity contribution < 1.29 is 9.90 Å². The summed E-state index contributed by atoms with van der Waals surface area (Å²) in [6, 6.07) is 13.0. The first-order valence-corrected chi connectivity index (χ1v) is 7.29. The fraction of sp³-hybridized carbons (Fsp3) is 0. The molecule has 22 heavy (non-hydrogen) atoms. The predicted octanol–water partition coefficient (Wildman–Crippen LogP) is 3.61. The summed E-state index contributed by atoms with van der Waals surface area (Å²) in [5.41, 5.74) is 3.68. The van der Waals surface area contributed by atoms with Crippen molar-refractivity contribution in [1.82, 2.24) is 13.7 Å². The van der Waals surface area contributed by atoms with E-state index in [1.54, 1.807) is 0 Å². The number of anilines is 2. The lowest BCUT2D eigenvalue weighted by molar-refractivity contribution is 0.0692. The van der Waals surface area contributed by atoms with Crippen LogP contribution in [0, 0.1) is 0 Å². The Morgan fingerprint density at radius 1 is 1.14 bits per heavy atom. The first-order valence-electron chi connectivity index (χ1n) is 6.56. The average molecular weight is 310 g/mol. The highest BCUT2D eigenvalue weighted by Gasteiger charge is 2.18. The molecule has 4 aromatic rings. The van der Waals surface area contributed by atoms with E-state index < -0.39 is 5.97 Å². The van der Waals surface area contributed by atoms with Gasteiger partial charge in [-0.25, -0.2) is 4.79 Å². The number of aromatic nitrogens is 3. The Labute approximate surface area is 128 Å². The molecule has 0 unspecified atom stereocenters. The quantitative estimate of drug-likeness (QED) is 0.537. The molecular weight excluding hydrogens is 300 g/mol.